The number of benzene rings is 1. The van der Waals surface area contributed by atoms with Gasteiger partial charge in [0.25, 0.3) is 0 Å². The summed E-state index contributed by atoms with van der Waals surface area (Å²) >= 11 is 0. The summed E-state index contributed by atoms with van der Waals surface area (Å²) in [6, 6.07) is 6.42. The molecule has 1 aliphatic carbocycles. The molecule has 14 nitrogen and oxygen atoms in total. The fourth-order valence-corrected chi connectivity index (χ4v) is 9.22. The lowest BCUT2D eigenvalue weighted by Gasteiger charge is -2.55. The van der Waals surface area contributed by atoms with E-state index in [9.17, 15) is 14.7 Å². The van der Waals surface area contributed by atoms with Gasteiger partial charge >= 0.3 is 0 Å². The maximum Gasteiger partial charge on any atom is 0.237 e. The smallest absolute Gasteiger partial charge is 0.237 e. The van der Waals surface area contributed by atoms with Gasteiger partial charge in [-0.15, -0.1) is 0 Å². The first-order valence-electron chi connectivity index (χ1n) is 21.6. The van der Waals surface area contributed by atoms with Crippen molar-refractivity contribution in [2.75, 3.05) is 59.0 Å². The Morgan fingerprint density at radius 3 is 2.45 bits per heavy atom. The first kappa shape index (κ1) is 41.1. The van der Waals surface area contributed by atoms with Gasteiger partial charge in [-0.1, -0.05) is 57.9 Å². The fourth-order valence-electron chi connectivity index (χ4n) is 9.22. The Hall–Kier alpha value is -3.11. The number of ether oxygens (including phenoxy) is 2. The van der Waals surface area contributed by atoms with E-state index in [2.05, 4.69) is 47.8 Å². The van der Waals surface area contributed by atoms with Crippen LogP contribution in [0.25, 0.3) is 0 Å². The summed E-state index contributed by atoms with van der Waals surface area (Å²) in [6.45, 7) is 10.7. The second-order valence-corrected chi connectivity index (χ2v) is 16.6. The van der Waals surface area contributed by atoms with Crippen molar-refractivity contribution in [2.24, 2.45) is 0 Å². The fraction of sp³-hybridized carbons (Fsp3) is 0.738. The molecule has 2 amide bonds. The highest BCUT2D eigenvalue weighted by atomic mass is 16.5. The molecule has 3 unspecified atom stereocenters. The number of aryl methyl sites for hydroxylation is 1. The Morgan fingerprint density at radius 1 is 1.02 bits per heavy atom. The molecule has 7 rings (SSSR count). The second-order valence-electron chi connectivity index (χ2n) is 16.6. The molecular weight excluding hydrogens is 713 g/mol. The topological polar surface area (TPSA) is 148 Å². The van der Waals surface area contributed by atoms with Crippen molar-refractivity contribution in [3.63, 3.8) is 0 Å². The summed E-state index contributed by atoms with van der Waals surface area (Å²) in [5.74, 6) is 1.66. The van der Waals surface area contributed by atoms with Crippen LogP contribution < -0.4 is 20.7 Å². The molecule has 1 aromatic heterocycles. The molecule has 0 radical (unpaired) electrons. The van der Waals surface area contributed by atoms with Crippen molar-refractivity contribution in [3.05, 3.63) is 47.2 Å². The van der Waals surface area contributed by atoms with E-state index in [1.165, 1.54) is 62.5 Å². The molecule has 0 bridgehead atoms. The lowest BCUT2D eigenvalue weighted by molar-refractivity contribution is -0.144. The summed E-state index contributed by atoms with van der Waals surface area (Å²) in [4.78, 5) is 40.2. The Morgan fingerprint density at radius 2 is 1.77 bits per heavy atom. The van der Waals surface area contributed by atoms with Crippen molar-refractivity contribution in [1.82, 2.24) is 40.5 Å². The predicted molar refractivity (Wildman–Crippen MR) is 212 cm³/mol. The number of oxazole rings is 1. The maximum atomic E-state index is 14.1. The van der Waals surface area contributed by atoms with Gasteiger partial charge in [0.15, 0.2) is 12.2 Å². The van der Waals surface area contributed by atoms with Gasteiger partial charge in [0.2, 0.25) is 11.8 Å². The van der Waals surface area contributed by atoms with E-state index in [4.69, 9.17) is 13.9 Å². The van der Waals surface area contributed by atoms with E-state index in [1.807, 2.05) is 24.8 Å². The molecular formula is C42H66N8O6. The van der Waals surface area contributed by atoms with E-state index >= 15 is 0 Å². The van der Waals surface area contributed by atoms with Crippen LogP contribution in [-0.4, -0.2) is 137 Å². The molecule has 14 heteroatoms. The lowest BCUT2D eigenvalue weighted by atomic mass is 9.94. The molecule has 310 valence electrons. The summed E-state index contributed by atoms with van der Waals surface area (Å²) in [5, 5.41) is 22.1. The van der Waals surface area contributed by atoms with Crippen molar-refractivity contribution < 1.29 is 28.6 Å². The molecule has 4 aliphatic heterocycles. The Balaban J connectivity index is 0.974. The summed E-state index contributed by atoms with van der Waals surface area (Å²) < 4.78 is 17.0. The zero-order chi connectivity index (χ0) is 38.9. The van der Waals surface area contributed by atoms with Crippen LogP contribution in [0.3, 0.4) is 0 Å². The molecule has 4 N–H and O–H groups in total. The number of amides is 2. The second kappa shape index (κ2) is 20.0. The number of aliphatic hydroxyl groups excluding tert-OH is 1. The van der Waals surface area contributed by atoms with E-state index in [-0.39, 0.29) is 36.9 Å². The van der Waals surface area contributed by atoms with E-state index < -0.39 is 12.1 Å². The van der Waals surface area contributed by atoms with Crippen LogP contribution in [0.5, 0.6) is 5.75 Å². The number of aliphatic hydroxyl groups is 1. The third-order valence-corrected chi connectivity index (χ3v) is 12.6. The molecule has 0 spiro atoms. The van der Waals surface area contributed by atoms with Crippen LogP contribution in [-0.2, 0) is 33.9 Å². The normalized spacial score (nSPS) is 25.9. The minimum absolute atomic E-state index is 0.00432. The molecule has 1 aromatic carbocycles. The van der Waals surface area contributed by atoms with Gasteiger partial charge < -0.3 is 29.2 Å². The third-order valence-electron chi connectivity index (χ3n) is 12.6. The van der Waals surface area contributed by atoms with Gasteiger partial charge in [-0.05, 0) is 49.4 Å². The molecule has 3 saturated heterocycles. The van der Waals surface area contributed by atoms with E-state index in [1.54, 1.807) is 0 Å². The largest absolute Gasteiger partial charge is 0.486 e. The average molecular weight is 779 g/mol. The molecule has 4 fully saturated rings. The van der Waals surface area contributed by atoms with Crippen molar-refractivity contribution in [2.45, 2.75) is 141 Å². The van der Waals surface area contributed by atoms with Gasteiger partial charge in [0.05, 0.1) is 43.3 Å². The number of hydrogen-bond donors (Lipinski definition) is 4. The minimum atomic E-state index is -0.697. The van der Waals surface area contributed by atoms with Gasteiger partial charge in [-0.2, -0.15) is 0 Å². The number of β-amino-alcohol motifs (C(OH)–C–C–N with tert-alkyl or cyclic N) is 1. The van der Waals surface area contributed by atoms with E-state index in [0.717, 1.165) is 62.6 Å². The van der Waals surface area contributed by atoms with Crippen LogP contribution >= 0.6 is 0 Å². The number of rotatable bonds is 13. The zero-order valence-corrected chi connectivity index (χ0v) is 33.8. The quantitative estimate of drug-likeness (QED) is 0.237. The number of piperazine rings is 1. The number of nitrogens with zero attached hydrogens (tertiary/aromatic N) is 5. The number of carbonyl (C=O) groups excluding carboxylic acids is 2. The van der Waals surface area contributed by atoms with Crippen LogP contribution in [0.15, 0.2) is 29.0 Å². The molecule has 2 aromatic rings. The summed E-state index contributed by atoms with van der Waals surface area (Å²) in [7, 11) is 0. The zero-order valence-electron chi connectivity index (χ0n) is 33.8. The van der Waals surface area contributed by atoms with Gasteiger partial charge in [-0.25, -0.2) is 4.98 Å². The summed E-state index contributed by atoms with van der Waals surface area (Å²) in [5.41, 5.74) is 3.31. The molecule has 5 heterocycles. The Kier molecular flexibility index (Phi) is 14.7. The van der Waals surface area contributed by atoms with Gasteiger partial charge in [0.1, 0.15) is 18.6 Å². The number of hydrogen-bond acceptors (Lipinski definition) is 12. The van der Waals surface area contributed by atoms with Gasteiger partial charge in [0, 0.05) is 71.2 Å². The van der Waals surface area contributed by atoms with Crippen LogP contribution in [0.2, 0.25) is 0 Å². The lowest BCUT2D eigenvalue weighted by Crippen LogP contribution is -2.75. The monoisotopic (exact) mass is 779 g/mol. The third kappa shape index (κ3) is 10.7. The van der Waals surface area contributed by atoms with Crippen molar-refractivity contribution in [1.29, 1.82) is 0 Å². The van der Waals surface area contributed by atoms with Crippen molar-refractivity contribution in [3.8, 4) is 5.75 Å². The van der Waals surface area contributed by atoms with Crippen LogP contribution in [0.4, 0.5) is 0 Å². The predicted octanol–water partition coefficient (Wildman–Crippen LogP) is 3.11. The Bertz CT molecular complexity index is 1550. The highest BCUT2D eigenvalue weighted by Gasteiger charge is 2.45. The van der Waals surface area contributed by atoms with Crippen molar-refractivity contribution >= 4 is 11.8 Å². The minimum Gasteiger partial charge on any atom is -0.486 e. The number of nitrogens with one attached hydrogen (secondary N) is 3. The first-order chi connectivity index (χ1) is 27.3. The SMILES string of the molecule is CCC(=O)N1CCN(C2NC(C(=O)NC[C@H](O)CN3CCc4cc(OCc5ocnc5C)ccc4C3)CC(NC3COC3)N2C2CCCCCCCCC2)CC1. The van der Waals surface area contributed by atoms with Gasteiger partial charge in [-0.3, -0.25) is 34.9 Å². The summed E-state index contributed by atoms with van der Waals surface area (Å²) in [6.07, 6.45) is 13.9. The molecule has 56 heavy (non-hydrogen) atoms. The molecule has 1 saturated carbocycles. The van der Waals surface area contributed by atoms with E-state index in [0.29, 0.717) is 58.3 Å². The number of carbonyl (C=O) groups is 2. The Labute approximate surface area is 333 Å². The van der Waals surface area contributed by atoms with Crippen LogP contribution in [0.1, 0.15) is 100 Å². The highest BCUT2D eigenvalue weighted by Crippen LogP contribution is 2.30. The highest BCUT2D eigenvalue weighted by molar-refractivity contribution is 5.82. The maximum absolute atomic E-state index is 14.1. The standard InChI is InChI=1S/C42H66N8O6/c1-3-40(52)48-17-19-49(20-18-48)42-46-37(22-39(45-33-26-54-27-33)50(42)34-11-9-7-5-4-6-8-10-12-34)41(53)43-23-35(51)25-47-16-15-31-21-36(14-13-32(31)24-47)55-28-38-30(2)44-29-56-38/h13-14,21,29,33-35,37,39,42,45-46,51H,3-12,15-20,22-28H2,1-2H3,(H,43,53)/t35-,37?,39?,42?/m0/s1. The van der Waals surface area contributed by atoms with Crippen LogP contribution in [0, 0.1) is 6.92 Å². The first-order valence-corrected chi connectivity index (χ1v) is 21.6. The molecule has 4 atom stereocenters. The molecule has 5 aliphatic rings. The number of aromatic nitrogens is 1. The number of fused-ring (bicyclic) bond motifs is 1. The average Bonchev–Trinajstić information content (AvgIpc) is 3.62.